The summed E-state index contributed by atoms with van der Waals surface area (Å²) in [5, 5.41) is 0. The summed E-state index contributed by atoms with van der Waals surface area (Å²) in [6.45, 7) is 8.01. The maximum atomic E-state index is 11.6. The van der Waals surface area contributed by atoms with E-state index < -0.39 is 0 Å². The zero-order chi connectivity index (χ0) is 11.6. The van der Waals surface area contributed by atoms with Gasteiger partial charge in [-0.3, -0.25) is 4.98 Å². The van der Waals surface area contributed by atoms with E-state index >= 15 is 0 Å². The highest BCUT2D eigenvalue weighted by atomic mass is 16.5. The van der Waals surface area contributed by atoms with Crippen molar-refractivity contribution in [3.8, 4) is 0 Å². The molecule has 0 bridgehead atoms. The van der Waals surface area contributed by atoms with Crippen molar-refractivity contribution in [2.24, 2.45) is 0 Å². The minimum absolute atomic E-state index is 0.0861. The van der Waals surface area contributed by atoms with E-state index in [0.29, 0.717) is 11.3 Å². The lowest BCUT2D eigenvalue weighted by atomic mass is 9.84. The van der Waals surface area contributed by atoms with Crippen LogP contribution in [0.15, 0.2) is 12.3 Å². The molecule has 1 aromatic heterocycles. The highest BCUT2D eigenvalue weighted by molar-refractivity contribution is 5.92. The van der Waals surface area contributed by atoms with Gasteiger partial charge in [0.2, 0.25) is 0 Å². The Kier molecular flexibility index (Phi) is 3.12. The van der Waals surface area contributed by atoms with Gasteiger partial charge in [-0.1, -0.05) is 20.8 Å². The average Bonchev–Trinajstić information content (AvgIpc) is 2.15. The second-order valence-electron chi connectivity index (χ2n) is 4.56. The van der Waals surface area contributed by atoms with E-state index in [1.54, 1.807) is 6.20 Å². The first-order valence-electron chi connectivity index (χ1n) is 4.92. The Morgan fingerprint density at radius 3 is 2.47 bits per heavy atom. The Morgan fingerprint density at radius 2 is 2.00 bits per heavy atom. The molecule has 3 heteroatoms. The summed E-state index contributed by atoms with van der Waals surface area (Å²) in [6, 6.07) is 1.87. The van der Waals surface area contributed by atoms with Gasteiger partial charge in [0.15, 0.2) is 0 Å². The molecule has 0 atom stereocenters. The monoisotopic (exact) mass is 207 g/mol. The number of ether oxygens (including phenoxy) is 1. The number of hydrogen-bond acceptors (Lipinski definition) is 3. The van der Waals surface area contributed by atoms with Crippen molar-refractivity contribution in [1.82, 2.24) is 4.98 Å². The minimum atomic E-state index is -0.314. The average molecular weight is 207 g/mol. The first-order valence-corrected chi connectivity index (χ1v) is 4.92. The van der Waals surface area contributed by atoms with Gasteiger partial charge in [-0.05, 0) is 24.0 Å². The van der Waals surface area contributed by atoms with Crippen molar-refractivity contribution >= 4 is 5.97 Å². The number of carbonyl (C=O) groups is 1. The Labute approximate surface area is 90.5 Å². The van der Waals surface area contributed by atoms with Gasteiger partial charge in [-0.2, -0.15) is 0 Å². The van der Waals surface area contributed by atoms with Gasteiger partial charge >= 0.3 is 5.97 Å². The molecule has 0 radical (unpaired) electrons. The summed E-state index contributed by atoms with van der Waals surface area (Å²) in [4.78, 5) is 15.8. The number of nitrogens with zero attached hydrogens (tertiary/aromatic N) is 1. The largest absolute Gasteiger partial charge is 0.465 e. The van der Waals surface area contributed by atoms with Crippen LogP contribution >= 0.6 is 0 Å². The highest BCUT2D eigenvalue weighted by Gasteiger charge is 2.24. The minimum Gasteiger partial charge on any atom is -0.465 e. The fraction of sp³-hybridized carbons (Fsp3) is 0.500. The van der Waals surface area contributed by atoms with Crippen molar-refractivity contribution in [2.75, 3.05) is 7.11 Å². The molecule has 15 heavy (non-hydrogen) atoms. The summed E-state index contributed by atoms with van der Waals surface area (Å²) in [7, 11) is 1.39. The molecule has 0 unspecified atom stereocenters. The predicted molar refractivity (Wildman–Crippen MR) is 59.0 cm³/mol. The number of rotatable bonds is 1. The first-order chi connectivity index (χ1) is 6.88. The molecule has 0 aliphatic carbocycles. The molecular weight excluding hydrogens is 190 g/mol. The Hall–Kier alpha value is -1.38. The van der Waals surface area contributed by atoms with E-state index in [1.807, 2.05) is 13.0 Å². The van der Waals surface area contributed by atoms with Crippen molar-refractivity contribution in [3.63, 3.8) is 0 Å². The standard InChI is InChI=1S/C12H17NO2/c1-8-10(11(14)15-5)9(6-7-13-8)12(2,3)4/h6-7H,1-5H3. The maximum Gasteiger partial charge on any atom is 0.340 e. The molecule has 82 valence electrons. The maximum absolute atomic E-state index is 11.6. The van der Waals surface area contributed by atoms with E-state index in [9.17, 15) is 4.79 Å². The lowest BCUT2D eigenvalue weighted by molar-refractivity contribution is 0.0596. The van der Waals surface area contributed by atoms with E-state index in [-0.39, 0.29) is 11.4 Å². The lowest BCUT2D eigenvalue weighted by Crippen LogP contribution is -2.19. The van der Waals surface area contributed by atoms with E-state index in [0.717, 1.165) is 5.56 Å². The lowest BCUT2D eigenvalue weighted by Gasteiger charge is -2.22. The van der Waals surface area contributed by atoms with E-state index in [4.69, 9.17) is 4.74 Å². The second kappa shape index (κ2) is 4.01. The van der Waals surface area contributed by atoms with Gasteiger partial charge in [0.05, 0.1) is 18.4 Å². The molecule has 0 spiro atoms. The van der Waals surface area contributed by atoms with Gasteiger partial charge in [-0.25, -0.2) is 4.79 Å². The zero-order valence-electron chi connectivity index (χ0n) is 9.92. The van der Waals surface area contributed by atoms with E-state index in [2.05, 4.69) is 25.8 Å². The predicted octanol–water partition coefficient (Wildman–Crippen LogP) is 2.47. The molecule has 0 aliphatic rings. The quantitative estimate of drug-likeness (QED) is 0.664. The first kappa shape index (κ1) is 11.7. The fourth-order valence-corrected chi connectivity index (χ4v) is 1.55. The van der Waals surface area contributed by atoms with Gasteiger partial charge in [0.25, 0.3) is 0 Å². The molecule has 3 nitrogen and oxygen atoms in total. The van der Waals surface area contributed by atoms with Gasteiger partial charge in [0, 0.05) is 6.20 Å². The molecule has 1 aromatic rings. The fourth-order valence-electron chi connectivity index (χ4n) is 1.55. The Bertz CT molecular complexity index is 378. The van der Waals surface area contributed by atoms with Crippen LogP contribution in [0.2, 0.25) is 0 Å². The summed E-state index contributed by atoms with van der Waals surface area (Å²) < 4.78 is 4.77. The molecule has 0 aliphatic heterocycles. The third-order valence-electron chi connectivity index (χ3n) is 2.34. The molecule has 0 saturated carbocycles. The number of esters is 1. The van der Waals surface area contributed by atoms with Gasteiger partial charge in [0.1, 0.15) is 0 Å². The van der Waals surface area contributed by atoms with Gasteiger partial charge < -0.3 is 4.74 Å². The van der Waals surface area contributed by atoms with Crippen LogP contribution in [0.5, 0.6) is 0 Å². The number of aromatic nitrogens is 1. The number of aryl methyl sites for hydroxylation is 1. The highest BCUT2D eigenvalue weighted by Crippen LogP contribution is 2.27. The molecule has 1 heterocycles. The zero-order valence-corrected chi connectivity index (χ0v) is 9.92. The third kappa shape index (κ3) is 2.35. The number of pyridine rings is 1. The second-order valence-corrected chi connectivity index (χ2v) is 4.56. The molecular formula is C12H17NO2. The summed E-state index contributed by atoms with van der Waals surface area (Å²) in [5.74, 6) is -0.314. The Balaban J connectivity index is 3.40. The van der Waals surface area contributed by atoms with Crippen LogP contribution in [0.3, 0.4) is 0 Å². The van der Waals surface area contributed by atoms with Crippen molar-refractivity contribution in [1.29, 1.82) is 0 Å². The van der Waals surface area contributed by atoms with Crippen LogP contribution in [0.25, 0.3) is 0 Å². The molecule has 0 N–H and O–H groups in total. The van der Waals surface area contributed by atoms with Crippen LogP contribution in [-0.4, -0.2) is 18.1 Å². The number of hydrogen-bond donors (Lipinski definition) is 0. The summed E-state index contributed by atoms with van der Waals surface area (Å²) in [5.41, 5.74) is 2.20. The van der Waals surface area contributed by atoms with Crippen molar-refractivity contribution in [2.45, 2.75) is 33.1 Å². The smallest absolute Gasteiger partial charge is 0.340 e. The topological polar surface area (TPSA) is 39.2 Å². The molecule has 0 amide bonds. The van der Waals surface area contributed by atoms with Crippen molar-refractivity contribution in [3.05, 3.63) is 29.1 Å². The molecule has 0 saturated heterocycles. The van der Waals surface area contributed by atoms with E-state index in [1.165, 1.54) is 7.11 Å². The molecule has 0 fully saturated rings. The van der Waals surface area contributed by atoms with Gasteiger partial charge in [-0.15, -0.1) is 0 Å². The van der Waals surface area contributed by atoms with Crippen molar-refractivity contribution < 1.29 is 9.53 Å². The van der Waals surface area contributed by atoms with Crippen LogP contribution in [0.4, 0.5) is 0 Å². The number of methoxy groups -OCH3 is 1. The van der Waals surface area contributed by atoms with Crippen LogP contribution in [0, 0.1) is 6.92 Å². The molecule has 0 aromatic carbocycles. The summed E-state index contributed by atoms with van der Waals surface area (Å²) >= 11 is 0. The van der Waals surface area contributed by atoms with Crippen LogP contribution in [0.1, 0.15) is 42.4 Å². The summed E-state index contributed by atoms with van der Waals surface area (Å²) in [6.07, 6.45) is 1.72. The van der Waals surface area contributed by atoms with Crippen LogP contribution < -0.4 is 0 Å². The number of carbonyl (C=O) groups excluding carboxylic acids is 1. The Morgan fingerprint density at radius 1 is 1.40 bits per heavy atom. The third-order valence-corrected chi connectivity index (χ3v) is 2.34. The van der Waals surface area contributed by atoms with Crippen LogP contribution in [-0.2, 0) is 10.2 Å². The SMILES string of the molecule is COC(=O)c1c(C(C)(C)C)ccnc1C. The molecule has 1 rings (SSSR count). The normalized spacial score (nSPS) is 11.3.